The second-order valence-corrected chi connectivity index (χ2v) is 5.76. The van der Waals surface area contributed by atoms with E-state index < -0.39 is 16.7 Å². The Balaban J connectivity index is 2.08. The van der Waals surface area contributed by atoms with Crippen LogP contribution in [0.3, 0.4) is 0 Å². The second-order valence-electron chi connectivity index (χ2n) is 5.35. The molecule has 0 unspecified atom stereocenters. The van der Waals surface area contributed by atoms with Crippen LogP contribution in [0.1, 0.15) is 15.9 Å². The molecule has 0 aliphatic heterocycles. The molecular formula is C16H15ClN4O4. The predicted molar refractivity (Wildman–Crippen MR) is 92.7 cm³/mol. The zero-order chi connectivity index (χ0) is 18.6. The number of nitro groups is 1. The van der Waals surface area contributed by atoms with E-state index in [2.05, 4.69) is 10.3 Å². The van der Waals surface area contributed by atoms with Crippen molar-refractivity contribution in [1.82, 2.24) is 9.88 Å². The summed E-state index contributed by atoms with van der Waals surface area (Å²) in [5.74, 6) is -0.671. The van der Waals surface area contributed by atoms with Gasteiger partial charge >= 0.3 is 0 Å². The number of hydrogen-bond acceptors (Lipinski definition) is 5. The summed E-state index contributed by atoms with van der Waals surface area (Å²) in [7, 11) is 1.40. The van der Waals surface area contributed by atoms with Gasteiger partial charge in [-0.25, -0.2) is 4.98 Å². The third-order valence-electron chi connectivity index (χ3n) is 3.30. The highest BCUT2D eigenvalue weighted by molar-refractivity contribution is 6.34. The van der Waals surface area contributed by atoms with E-state index in [9.17, 15) is 19.7 Å². The Morgan fingerprint density at radius 1 is 1.32 bits per heavy atom. The lowest BCUT2D eigenvalue weighted by Crippen LogP contribution is -2.35. The van der Waals surface area contributed by atoms with Crippen molar-refractivity contribution in [2.24, 2.45) is 0 Å². The van der Waals surface area contributed by atoms with Gasteiger partial charge in [-0.2, -0.15) is 0 Å². The van der Waals surface area contributed by atoms with E-state index >= 15 is 0 Å². The van der Waals surface area contributed by atoms with Gasteiger partial charge in [-0.3, -0.25) is 19.7 Å². The Bertz CT molecular complexity index is 841. The van der Waals surface area contributed by atoms with Crippen LogP contribution in [-0.4, -0.2) is 40.2 Å². The number of benzene rings is 1. The predicted octanol–water partition coefficient (Wildman–Crippen LogP) is 2.66. The summed E-state index contributed by atoms with van der Waals surface area (Å²) in [6.45, 7) is 1.60. The summed E-state index contributed by atoms with van der Waals surface area (Å²) >= 11 is 5.94. The lowest BCUT2D eigenvalue weighted by atomic mass is 10.1. The minimum absolute atomic E-state index is 0.0418. The molecule has 1 aromatic heterocycles. The Morgan fingerprint density at radius 2 is 2.04 bits per heavy atom. The minimum atomic E-state index is -0.622. The number of nitrogens with zero attached hydrogens (tertiary/aromatic N) is 3. The van der Waals surface area contributed by atoms with Gasteiger partial charge in [-0.15, -0.1) is 0 Å². The molecule has 0 spiro atoms. The van der Waals surface area contributed by atoms with E-state index in [1.807, 2.05) is 6.92 Å². The monoisotopic (exact) mass is 362 g/mol. The molecular weight excluding hydrogens is 348 g/mol. The van der Waals surface area contributed by atoms with Crippen LogP contribution >= 0.6 is 11.6 Å². The van der Waals surface area contributed by atoms with Gasteiger partial charge in [0.2, 0.25) is 5.91 Å². The Morgan fingerprint density at radius 3 is 2.68 bits per heavy atom. The first-order valence-electron chi connectivity index (χ1n) is 7.20. The molecule has 130 valence electrons. The van der Waals surface area contributed by atoms with Gasteiger partial charge in [0.1, 0.15) is 5.82 Å². The largest absolute Gasteiger partial charge is 0.332 e. The molecule has 1 heterocycles. The molecule has 2 aromatic rings. The molecule has 8 nitrogen and oxygen atoms in total. The normalized spacial score (nSPS) is 10.2. The Kier molecular flexibility index (Phi) is 5.66. The maximum atomic E-state index is 12.4. The number of nitro benzene ring substituents is 1. The first kappa shape index (κ1) is 18.3. The third kappa shape index (κ3) is 4.74. The van der Waals surface area contributed by atoms with Crippen molar-refractivity contribution in [2.45, 2.75) is 6.92 Å². The highest BCUT2D eigenvalue weighted by Crippen LogP contribution is 2.23. The number of anilines is 1. The smallest absolute Gasteiger partial charge is 0.270 e. The van der Waals surface area contributed by atoms with Gasteiger partial charge in [-0.1, -0.05) is 11.6 Å². The average molecular weight is 363 g/mol. The molecule has 0 fully saturated rings. The molecule has 0 bridgehead atoms. The quantitative estimate of drug-likeness (QED) is 0.650. The van der Waals surface area contributed by atoms with Crippen LogP contribution < -0.4 is 5.32 Å². The zero-order valence-electron chi connectivity index (χ0n) is 13.5. The fourth-order valence-electron chi connectivity index (χ4n) is 2.07. The van der Waals surface area contributed by atoms with Crippen molar-refractivity contribution in [3.63, 3.8) is 0 Å². The van der Waals surface area contributed by atoms with Crippen molar-refractivity contribution in [2.75, 3.05) is 18.9 Å². The first-order chi connectivity index (χ1) is 11.8. The number of pyridine rings is 1. The molecule has 0 radical (unpaired) electrons. The average Bonchev–Trinajstić information content (AvgIpc) is 2.54. The maximum Gasteiger partial charge on any atom is 0.270 e. The number of likely N-dealkylation sites (N-methyl/N-ethyl adjacent to an activating group) is 1. The summed E-state index contributed by atoms with van der Waals surface area (Å²) in [6, 6.07) is 7.04. The SMILES string of the molecule is Cc1ccnc(NC(=O)CN(C)C(=O)c2cc([N+](=O)[O-])ccc2Cl)c1. The van der Waals surface area contributed by atoms with Crippen molar-refractivity contribution in [1.29, 1.82) is 0 Å². The molecule has 0 saturated carbocycles. The summed E-state index contributed by atoms with van der Waals surface area (Å²) in [6.07, 6.45) is 1.56. The fourth-order valence-corrected chi connectivity index (χ4v) is 2.27. The second kappa shape index (κ2) is 7.71. The Labute approximate surface area is 148 Å². The topological polar surface area (TPSA) is 105 Å². The zero-order valence-corrected chi connectivity index (χ0v) is 14.3. The number of aryl methyl sites for hydroxylation is 1. The van der Waals surface area contributed by atoms with Crippen molar-refractivity contribution in [3.05, 3.63) is 62.8 Å². The number of carbonyl (C=O) groups is 2. The molecule has 1 N–H and O–H groups in total. The van der Waals surface area contributed by atoms with E-state index in [0.29, 0.717) is 5.82 Å². The van der Waals surface area contributed by atoms with Crippen LogP contribution in [0, 0.1) is 17.0 Å². The molecule has 0 aliphatic carbocycles. The molecule has 25 heavy (non-hydrogen) atoms. The number of carbonyl (C=O) groups excluding carboxylic acids is 2. The van der Waals surface area contributed by atoms with Crippen LogP contribution in [-0.2, 0) is 4.79 Å². The number of nitrogens with one attached hydrogen (secondary N) is 1. The van der Waals surface area contributed by atoms with Gasteiger partial charge in [0.15, 0.2) is 0 Å². The van der Waals surface area contributed by atoms with E-state index in [4.69, 9.17) is 11.6 Å². The summed E-state index contributed by atoms with van der Waals surface area (Å²) in [5, 5.41) is 13.5. The van der Waals surface area contributed by atoms with E-state index in [1.54, 1.807) is 18.3 Å². The molecule has 0 saturated heterocycles. The molecule has 0 atom stereocenters. The standard InChI is InChI=1S/C16H15ClN4O4/c1-10-5-6-18-14(7-10)19-15(22)9-20(2)16(23)12-8-11(21(24)25)3-4-13(12)17/h3-8H,9H2,1-2H3,(H,18,19,22). The van der Waals surface area contributed by atoms with Crippen LogP contribution in [0.4, 0.5) is 11.5 Å². The highest BCUT2D eigenvalue weighted by atomic mass is 35.5. The summed E-state index contributed by atoms with van der Waals surface area (Å²) < 4.78 is 0. The first-order valence-corrected chi connectivity index (χ1v) is 7.57. The number of halogens is 1. The van der Waals surface area contributed by atoms with Crippen molar-refractivity contribution >= 4 is 34.9 Å². The van der Waals surface area contributed by atoms with Gasteiger partial charge < -0.3 is 10.2 Å². The van der Waals surface area contributed by atoms with Crippen LogP contribution in [0.2, 0.25) is 5.02 Å². The summed E-state index contributed by atoms with van der Waals surface area (Å²) in [4.78, 5) is 39.8. The number of aromatic nitrogens is 1. The number of non-ortho nitro benzene ring substituents is 1. The minimum Gasteiger partial charge on any atom is -0.332 e. The van der Waals surface area contributed by atoms with E-state index in [0.717, 1.165) is 16.5 Å². The maximum absolute atomic E-state index is 12.4. The van der Waals surface area contributed by atoms with E-state index in [-0.39, 0.29) is 22.8 Å². The van der Waals surface area contributed by atoms with Gasteiger partial charge in [-0.05, 0) is 30.7 Å². The van der Waals surface area contributed by atoms with Crippen molar-refractivity contribution in [3.8, 4) is 0 Å². The van der Waals surface area contributed by atoms with Gasteiger partial charge in [0.05, 0.1) is 22.1 Å². The lowest BCUT2D eigenvalue weighted by Gasteiger charge is -2.17. The lowest BCUT2D eigenvalue weighted by molar-refractivity contribution is -0.384. The third-order valence-corrected chi connectivity index (χ3v) is 3.63. The molecule has 1 aromatic carbocycles. The number of hydrogen-bond donors (Lipinski definition) is 1. The fraction of sp³-hybridized carbons (Fsp3) is 0.188. The highest BCUT2D eigenvalue weighted by Gasteiger charge is 2.20. The van der Waals surface area contributed by atoms with Crippen LogP contribution in [0.5, 0.6) is 0 Å². The van der Waals surface area contributed by atoms with Crippen LogP contribution in [0.15, 0.2) is 36.5 Å². The molecule has 2 rings (SSSR count). The number of rotatable bonds is 5. The summed E-state index contributed by atoms with van der Waals surface area (Å²) in [5.41, 5.74) is 0.632. The Hall–Kier alpha value is -3.00. The number of amides is 2. The van der Waals surface area contributed by atoms with Gasteiger partial charge in [0.25, 0.3) is 11.6 Å². The van der Waals surface area contributed by atoms with Crippen molar-refractivity contribution < 1.29 is 14.5 Å². The van der Waals surface area contributed by atoms with Gasteiger partial charge in [0, 0.05) is 25.4 Å². The molecule has 9 heteroatoms. The van der Waals surface area contributed by atoms with Crippen LogP contribution in [0.25, 0.3) is 0 Å². The van der Waals surface area contributed by atoms with E-state index in [1.165, 1.54) is 19.2 Å². The molecule has 0 aliphatic rings. The molecule has 2 amide bonds.